The summed E-state index contributed by atoms with van der Waals surface area (Å²) in [5, 5.41) is 39.4. The number of carboxylic acids is 1. The van der Waals surface area contributed by atoms with Gasteiger partial charge in [-0.2, -0.15) is 0 Å². The summed E-state index contributed by atoms with van der Waals surface area (Å²) in [5.74, 6) is -1.13. The second-order valence-corrected chi connectivity index (χ2v) is 7.61. The normalized spacial score (nSPS) is 26.2. The molecule has 1 fully saturated rings. The van der Waals surface area contributed by atoms with Gasteiger partial charge in [0.2, 0.25) is 0 Å². The van der Waals surface area contributed by atoms with Crippen LogP contribution < -0.4 is 0 Å². The third-order valence-corrected chi connectivity index (χ3v) is 5.46. The van der Waals surface area contributed by atoms with Gasteiger partial charge in [-0.1, -0.05) is 55.0 Å². The second kappa shape index (κ2) is 11.8. The van der Waals surface area contributed by atoms with E-state index in [2.05, 4.69) is 0 Å². The van der Waals surface area contributed by atoms with Crippen LogP contribution in [0.25, 0.3) is 0 Å². The molecule has 28 heavy (non-hydrogen) atoms. The lowest BCUT2D eigenvalue weighted by Crippen LogP contribution is -2.21. The van der Waals surface area contributed by atoms with Crippen LogP contribution in [0.1, 0.15) is 44.1 Å². The Balaban J connectivity index is 1.79. The Kier molecular flexibility index (Phi) is 9.41. The van der Waals surface area contributed by atoms with Gasteiger partial charge in [-0.3, -0.25) is 0 Å². The molecule has 0 bridgehead atoms. The van der Waals surface area contributed by atoms with Gasteiger partial charge in [0, 0.05) is 18.4 Å². The van der Waals surface area contributed by atoms with E-state index in [-0.39, 0.29) is 11.8 Å². The Hall–Kier alpha value is -1.95. The Morgan fingerprint density at radius 3 is 2.61 bits per heavy atom. The van der Waals surface area contributed by atoms with Crippen molar-refractivity contribution < 1.29 is 25.2 Å². The molecule has 5 atom stereocenters. The predicted molar refractivity (Wildman–Crippen MR) is 109 cm³/mol. The zero-order chi connectivity index (χ0) is 20.4. The zero-order valence-electron chi connectivity index (χ0n) is 16.2. The van der Waals surface area contributed by atoms with Crippen LogP contribution >= 0.6 is 0 Å². The number of rotatable bonds is 11. The van der Waals surface area contributed by atoms with Gasteiger partial charge in [0.05, 0.1) is 18.3 Å². The number of aliphatic hydroxyl groups excluding tert-OH is 3. The lowest BCUT2D eigenvalue weighted by Gasteiger charge is -2.21. The summed E-state index contributed by atoms with van der Waals surface area (Å²) in [6.07, 6.45) is 9.63. The number of carboxylic acid groups (broad SMARTS) is 1. The molecule has 0 saturated heterocycles. The number of hydrogen-bond donors (Lipinski definition) is 4. The van der Waals surface area contributed by atoms with Crippen LogP contribution in [-0.2, 0) is 11.2 Å². The summed E-state index contributed by atoms with van der Waals surface area (Å²) in [4.78, 5) is 10.4. The predicted octanol–water partition coefficient (Wildman–Crippen LogP) is 3.10. The summed E-state index contributed by atoms with van der Waals surface area (Å²) >= 11 is 0. The van der Waals surface area contributed by atoms with E-state index in [1.807, 2.05) is 36.4 Å². The molecule has 5 heteroatoms. The maximum Gasteiger partial charge on any atom is 0.327 e. The number of aliphatic hydroxyl groups is 3. The molecule has 1 aliphatic rings. The number of hydrogen-bond acceptors (Lipinski definition) is 4. The lowest BCUT2D eigenvalue weighted by atomic mass is 9.88. The minimum absolute atomic E-state index is 0.0315. The highest BCUT2D eigenvalue weighted by Gasteiger charge is 2.39. The maximum atomic E-state index is 10.4. The molecule has 0 spiro atoms. The van der Waals surface area contributed by atoms with Crippen molar-refractivity contribution in [1.82, 2.24) is 0 Å². The number of benzene rings is 1. The molecule has 0 aliphatic heterocycles. The first-order valence-electron chi connectivity index (χ1n) is 10.1. The first kappa shape index (κ1) is 22.3. The van der Waals surface area contributed by atoms with Crippen molar-refractivity contribution in [3.05, 3.63) is 60.2 Å². The average Bonchev–Trinajstić information content (AvgIpc) is 2.94. The number of unbranched alkanes of at least 4 members (excludes halogenated alkanes) is 2. The van der Waals surface area contributed by atoms with Gasteiger partial charge < -0.3 is 20.4 Å². The van der Waals surface area contributed by atoms with Gasteiger partial charge in [-0.25, -0.2) is 4.79 Å². The molecular formula is C23H32O5. The summed E-state index contributed by atoms with van der Waals surface area (Å²) in [6.45, 7) is 0. The molecule has 1 saturated carbocycles. The van der Waals surface area contributed by atoms with E-state index in [1.54, 1.807) is 12.2 Å². The fourth-order valence-electron chi connectivity index (χ4n) is 3.92. The van der Waals surface area contributed by atoms with E-state index in [0.29, 0.717) is 19.3 Å². The summed E-state index contributed by atoms with van der Waals surface area (Å²) in [6, 6.07) is 10.0. The number of aliphatic carboxylic acids is 1. The van der Waals surface area contributed by atoms with E-state index < -0.39 is 24.3 Å². The van der Waals surface area contributed by atoms with Crippen molar-refractivity contribution in [2.45, 2.75) is 63.3 Å². The third kappa shape index (κ3) is 7.58. The first-order valence-corrected chi connectivity index (χ1v) is 10.1. The summed E-state index contributed by atoms with van der Waals surface area (Å²) < 4.78 is 0. The molecule has 154 valence electrons. The Morgan fingerprint density at radius 2 is 1.89 bits per heavy atom. The van der Waals surface area contributed by atoms with E-state index in [9.17, 15) is 20.1 Å². The molecule has 4 N–H and O–H groups in total. The Morgan fingerprint density at radius 1 is 1.14 bits per heavy atom. The van der Waals surface area contributed by atoms with Crippen LogP contribution in [0.3, 0.4) is 0 Å². The van der Waals surface area contributed by atoms with Crippen LogP contribution in [0.15, 0.2) is 54.6 Å². The lowest BCUT2D eigenvalue weighted by molar-refractivity contribution is -0.131. The van der Waals surface area contributed by atoms with Crippen molar-refractivity contribution in [3.63, 3.8) is 0 Å². The van der Waals surface area contributed by atoms with Gasteiger partial charge in [-0.05, 0) is 43.6 Å². The molecule has 1 aliphatic carbocycles. The molecule has 2 rings (SSSR count). The fraction of sp³-hybridized carbons (Fsp3) is 0.522. The van der Waals surface area contributed by atoms with Crippen molar-refractivity contribution in [2.75, 3.05) is 0 Å². The Labute approximate surface area is 167 Å². The maximum absolute atomic E-state index is 10.4. The van der Waals surface area contributed by atoms with Gasteiger partial charge in [-0.15, -0.1) is 0 Å². The number of carbonyl (C=O) groups is 1. The highest BCUT2D eigenvalue weighted by Crippen LogP contribution is 2.37. The summed E-state index contributed by atoms with van der Waals surface area (Å²) in [7, 11) is 0. The summed E-state index contributed by atoms with van der Waals surface area (Å²) in [5.41, 5.74) is 1.18. The van der Waals surface area contributed by atoms with Gasteiger partial charge in [0.1, 0.15) is 0 Å². The minimum atomic E-state index is -0.939. The monoisotopic (exact) mass is 388 g/mol. The molecule has 5 nitrogen and oxygen atoms in total. The average molecular weight is 389 g/mol. The topological polar surface area (TPSA) is 98.0 Å². The van der Waals surface area contributed by atoms with Crippen LogP contribution in [0.5, 0.6) is 0 Å². The number of allylic oxidation sites excluding steroid dienone is 1. The molecule has 0 heterocycles. The zero-order valence-corrected chi connectivity index (χ0v) is 16.2. The van der Waals surface area contributed by atoms with E-state index in [0.717, 1.165) is 31.8 Å². The molecule has 0 unspecified atom stereocenters. The molecule has 0 amide bonds. The van der Waals surface area contributed by atoms with Crippen LogP contribution in [-0.4, -0.2) is 44.7 Å². The van der Waals surface area contributed by atoms with Crippen LogP contribution in [0.2, 0.25) is 0 Å². The quantitative estimate of drug-likeness (QED) is 0.265. The second-order valence-electron chi connectivity index (χ2n) is 7.61. The van der Waals surface area contributed by atoms with Gasteiger partial charge >= 0.3 is 5.97 Å². The van der Waals surface area contributed by atoms with Gasteiger partial charge in [0.25, 0.3) is 0 Å². The fourth-order valence-corrected chi connectivity index (χ4v) is 3.92. The largest absolute Gasteiger partial charge is 0.478 e. The smallest absolute Gasteiger partial charge is 0.327 e. The Bertz CT molecular complexity index is 640. The molecular weight excluding hydrogens is 356 g/mol. The van der Waals surface area contributed by atoms with Gasteiger partial charge in [0.15, 0.2) is 0 Å². The molecule has 1 aromatic carbocycles. The van der Waals surface area contributed by atoms with Crippen molar-refractivity contribution in [3.8, 4) is 0 Å². The highest BCUT2D eigenvalue weighted by molar-refractivity contribution is 5.79. The van der Waals surface area contributed by atoms with Crippen molar-refractivity contribution >= 4 is 5.97 Å². The van der Waals surface area contributed by atoms with Crippen LogP contribution in [0.4, 0.5) is 0 Å². The first-order chi connectivity index (χ1) is 13.5. The third-order valence-electron chi connectivity index (χ3n) is 5.46. The molecule has 0 aromatic heterocycles. The number of aryl methyl sites for hydroxylation is 1. The van der Waals surface area contributed by atoms with Crippen LogP contribution in [0, 0.1) is 11.8 Å². The van der Waals surface area contributed by atoms with E-state index in [1.165, 1.54) is 5.56 Å². The molecule has 1 aromatic rings. The standard InChI is InChI=1S/C23H32O5/c24-18(13-12-17-8-4-3-5-9-17)14-15-20-19(21(25)16-22(20)26)10-6-1-2-7-11-23(27)28/h3-5,7-9,11,14-15,18-22,24-26H,1-2,6,10,12-13,16H2,(H,27,28)/b11-7?,15-14+/t18-,19+,20+,21-,22+/m0/s1. The SMILES string of the molecule is O=C(O)C=CCCCC[C@@H]1[C@@H](/C=C/[C@@H](O)CCc2ccccc2)[C@H](O)C[C@@H]1O. The highest BCUT2D eigenvalue weighted by atomic mass is 16.4. The minimum Gasteiger partial charge on any atom is -0.478 e. The van der Waals surface area contributed by atoms with Crippen molar-refractivity contribution in [2.24, 2.45) is 11.8 Å². The van der Waals surface area contributed by atoms with E-state index in [4.69, 9.17) is 5.11 Å². The molecule has 0 radical (unpaired) electrons. The van der Waals surface area contributed by atoms with Crippen molar-refractivity contribution in [1.29, 1.82) is 0 Å². The van der Waals surface area contributed by atoms with E-state index >= 15 is 0 Å².